The van der Waals surface area contributed by atoms with Gasteiger partial charge in [0.05, 0.1) is 16.7 Å². The summed E-state index contributed by atoms with van der Waals surface area (Å²) in [7, 11) is 1.75. The van der Waals surface area contributed by atoms with Gasteiger partial charge in [-0.25, -0.2) is 0 Å². The molecule has 0 unspecified atom stereocenters. The van der Waals surface area contributed by atoms with Crippen LogP contribution < -0.4 is 10.6 Å². The Hall–Kier alpha value is -3.44. The van der Waals surface area contributed by atoms with Crippen molar-refractivity contribution in [1.29, 1.82) is 0 Å². The van der Waals surface area contributed by atoms with Gasteiger partial charge in [0.25, 0.3) is 11.6 Å². The van der Waals surface area contributed by atoms with Crippen LogP contribution in [0.5, 0.6) is 0 Å². The lowest BCUT2D eigenvalue weighted by Crippen LogP contribution is -2.33. The molecule has 0 saturated carbocycles. The van der Waals surface area contributed by atoms with E-state index in [9.17, 15) is 19.7 Å². The Morgan fingerprint density at radius 1 is 1.18 bits per heavy atom. The number of amides is 2. The van der Waals surface area contributed by atoms with Crippen LogP contribution in [0.3, 0.4) is 0 Å². The predicted molar refractivity (Wildman–Crippen MR) is 130 cm³/mol. The normalized spacial score (nSPS) is 11.8. The topological polar surface area (TPSA) is 132 Å². The molecule has 1 aromatic heterocycles. The van der Waals surface area contributed by atoms with E-state index < -0.39 is 16.9 Å². The number of rotatable bonds is 9. The van der Waals surface area contributed by atoms with Crippen molar-refractivity contribution in [2.45, 2.75) is 25.0 Å². The average Bonchev–Trinajstić information content (AvgIpc) is 3.17. The molecule has 2 aromatic carbocycles. The van der Waals surface area contributed by atoms with Crippen molar-refractivity contribution in [2.75, 3.05) is 11.1 Å². The second-order valence-corrected chi connectivity index (χ2v) is 9.13. The summed E-state index contributed by atoms with van der Waals surface area (Å²) in [6.45, 7) is 3.83. The van der Waals surface area contributed by atoms with Crippen LogP contribution in [-0.4, -0.2) is 37.3 Å². The molecular weight excluding hydrogens is 480 g/mol. The molecule has 3 rings (SSSR count). The van der Waals surface area contributed by atoms with Gasteiger partial charge in [-0.1, -0.05) is 43.3 Å². The highest BCUT2D eigenvalue weighted by atomic mass is 35.5. The molecule has 34 heavy (non-hydrogen) atoms. The Morgan fingerprint density at radius 2 is 1.88 bits per heavy atom. The first-order valence-electron chi connectivity index (χ1n) is 10.3. The van der Waals surface area contributed by atoms with Crippen LogP contribution in [0.25, 0.3) is 0 Å². The highest BCUT2D eigenvalue weighted by molar-refractivity contribution is 7.99. The smallest absolute Gasteiger partial charge is 0.270 e. The zero-order valence-electron chi connectivity index (χ0n) is 18.7. The van der Waals surface area contributed by atoms with E-state index in [-0.39, 0.29) is 28.8 Å². The maximum Gasteiger partial charge on any atom is 0.270 e. The van der Waals surface area contributed by atoms with E-state index in [1.54, 1.807) is 35.9 Å². The summed E-state index contributed by atoms with van der Waals surface area (Å²) in [6.07, 6.45) is 0. The van der Waals surface area contributed by atoms with E-state index in [0.29, 0.717) is 21.7 Å². The fourth-order valence-electron chi connectivity index (χ4n) is 3.10. The first kappa shape index (κ1) is 25.2. The fraction of sp³-hybridized carbons (Fsp3) is 0.273. The molecule has 178 valence electrons. The van der Waals surface area contributed by atoms with Crippen molar-refractivity contribution in [2.24, 2.45) is 13.0 Å². The molecular formula is C22H23ClN6O4S. The molecule has 2 N–H and O–H groups in total. The van der Waals surface area contributed by atoms with Gasteiger partial charge in [0, 0.05) is 35.5 Å². The van der Waals surface area contributed by atoms with Crippen LogP contribution in [0.15, 0.2) is 53.7 Å². The lowest BCUT2D eigenvalue weighted by atomic mass is 10.0. The molecule has 0 bridgehead atoms. The van der Waals surface area contributed by atoms with E-state index in [0.717, 1.165) is 0 Å². The fourth-order valence-corrected chi connectivity index (χ4v) is 3.94. The van der Waals surface area contributed by atoms with Gasteiger partial charge in [0.2, 0.25) is 5.91 Å². The van der Waals surface area contributed by atoms with Gasteiger partial charge < -0.3 is 15.2 Å². The Balaban J connectivity index is 1.68. The number of aromatic nitrogens is 3. The van der Waals surface area contributed by atoms with Crippen molar-refractivity contribution in [3.63, 3.8) is 0 Å². The number of nitrogens with one attached hydrogen (secondary N) is 2. The molecule has 0 spiro atoms. The number of non-ortho nitro benzene ring substituents is 1. The van der Waals surface area contributed by atoms with Crippen LogP contribution >= 0.6 is 23.4 Å². The summed E-state index contributed by atoms with van der Waals surface area (Å²) in [5, 5.41) is 26.2. The van der Waals surface area contributed by atoms with Crippen molar-refractivity contribution < 1.29 is 14.5 Å². The van der Waals surface area contributed by atoms with Crippen molar-refractivity contribution >= 4 is 46.6 Å². The summed E-state index contributed by atoms with van der Waals surface area (Å²) in [4.78, 5) is 35.5. The van der Waals surface area contributed by atoms with Crippen molar-refractivity contribution in [3.8, 4) is 0 Å². The van der Waals surface area contributed by atoms with Crippen molar-refractivity contribution in [3.05, 3.63) is 75.1 Å². The molecule has 0 fully saturated rings. The number of hydrogen-bond donors (Lipinski definition) is 2. The average molecular weight is 503 g/mol. The predicted octanol–water partition coefficient (Wildman–Crippen LogP) is 4.23. The number of halogens is 1. The lowest BCUT2D eigenvalue weighted by Gasteiger charge is -2.21. The molecule has 10 nitrogen and oxygen atoms in total. The second kappa shape index (κ2) is 11.1. The summed E-state index contributed by atoms with van der Waals surface area (Å²) in [6, 6.07) is 11.8. The van der Waals surface area contributed by atoms with Crippen LogP contribution in [0.2, 0.25) is 5.02 Å². The van der Waals surface area contributed by atoms with Crippen molar-refractivity contribution in [1.82, 2.24) is 20.1 Å². The quantitative estimate of drug-likeness (QED) is 0.254. The number of hydrogen-bond acceptors (Lipinski definition) is 7. The van der Waals surface area contributed by atoms with Gasteiger partial charge in [0.1, 0.15) is 0 Å². The minimum Gasteiger partial charge on any atom is -0.342 e. The number of anilines is 1. The molecule has 0 aliphatic heterocycles. The van der Waals surface area contributed by atoms with E-state index in [1.807, 2.05) is 13.8 Å². The van der Waals surface area contributed by atoms with Crippen LogP contribution in [0, 0.1) is 16.0 Å². The summed E-state index contributed by atoms with van der Waals surface area (Å²) in [5.41, 5.74) is 0.649. The maximum atomic E-state index is 12.8. The lowest BCUT2D eigenvalue weighted by molar-refractivity contribution is -0.384. The monoisotopic (exact) mass is 502 g/mol. The molecule has 1 heterocycles. The third kappa shape index (κ3) is 6.33. The molecule has 0 aliphatic carbocycles. The van der Waals surface area contributed by atoms with Crippen LogP contribution in [-0.2, 0) is 11.8 Å². The number of carbonyl (C=O) groups excluding carboxylic acids is 2. The first-order chi connectivity index (χ1) is 16.2. The van der Waals surface area contributed by atoms with E-state index in [2.05, 4.69) is 20.8 Å². The van der Waals surface area contributed by atoms with E-state index in [1.165, 1.54) is 36.0 Å². The third-order valence-corrected chi connectivity index (χ3v) is 6.15. The SMILES string of the molecule is CC(C)[C@@H](NC(=O)c1cccc([N+](=O)[O-])c1)c1nnc(SCC(=O)Nc2ccc(Cl)cc2)n1C. The standard InChI is InChI=1S/C22H23ClN6O4S/c1-13(2)19(25-21(31)14-5-4-6-17(11-14)29(32)33)20-26-27-22(28(20)3)34-12-18(30)24-16-9-7-15(23)8-10-16/h4-11,13,19H,12H2,1-3H3,(H,24,30)(H,25,31)/t19-/m1/s1. The highest BCUT2D eigenvalue weighted by Crippen LogP contribution is 2.25. The largest absolute Gasteiger partial charge is 0.342 e. The van der Waals surface area contributed by atoms with Gasteiger partial charge in [-0.15, -0.1) is 10.2 Å². The maximum absolute atomic E-state index is 12.8. The zero-order chi connectivity index (χ0) is 24.8. The highest BCUT2D eigenvalue weighted by Gasteiger charge is 2.26. The number of nitrogens with zero attached hydrogens (tertiary/aromatic N) is 4. The Bertz CT molecular complexity index is 1200. The summed E-state index contributed by atoms with van der Waals surface area (Å²) in [5.74, 6) is -0.0924. The Labute approximate surface area is 205 Å². The Kier molecular flexibility index (Phi) is 8.24. The van der Waals surface area contributed by atoms with E-state index >= 15 is 0 Å². The molecule has 0 radical (unpaired) electrons. The molecule has 12 heteroatoms. The van der Waals surface area contributed by atoms with Gasteiger partial charge >= 0.3 is 0 Å². The number of benzene rings is 2. The van der Waals surface area contributed by atoms with Crippen LogP contribution in [0.1, 0.15) is 36.1 Å². The van der Waals surface area contributed by atoms with E-state index in [4.69, 9.17) is 11.6 Å². The number of carbonyl (C=O) groups is 2. The van der Waals surface area contributed by atoms with Crippen LogP contribution in [0.4, 0.5) is 11.4 Å². The molecule has 0 aliphatic rings. The number of nitro groups is 1. The van der Waals surface area contributed by atoms with Gasteiger partial charge in [0.15, 0.2) is 11.0 Å². The second-order valence-electron chi connectivity index (χ2n) is 7.75. The van der Waals surface area contributed by atoms with Gasteiger partial charge in [-0.05, 0) is 36.2 Å². The number of thioether (sulfide) groups is 1. The summed E-state index contributed by atoms with van der Waals surface area (Å²) >= 11 is 7.07. The molecule has 1 atom stereocenters. The number of nitro benzene ring substituents is 1. The molecule has 0 saturated heterocycles. The minimum absolute atomic E-state index is 0.0448. The Morgan fingerprint density at radius 3 is 2.53 bits per heavy atom. The molecule has 2 amide bonds. The molecule has 3 aromatic rings. The summed E-state index contributed by atoms with van der Waals surface area (Å²) < 4.78 is 1.72. The third-order valence-electron chi connectivity index (χ3n) is 4.88. The first-order valence-corrected chi connectivity index (χ1v) is 11.6. The zero-order valence-corrected chi connectivity index (χ0v) is 20.3. The minimum atomic E-state index is -0.550. The van der Waals surface area contributed by atoms with Gasteiger partial charge in [-0.3, -0.25) is 19.7 Å². The van der Waals surface area contributed by atoms with Gasteiger partial charge in [-0.2, -0.15) is 0 Å².